The number of rotatable bonds is 4. The molecular formula is C11H12ClN3O5S. The van der Waals surface area contributed by atoms with E-state index in [4.69, 9.17) is 16.7 Å². The second kappa shape index (κ2) is 5.58. The Kier molecular flexibility index (Phi) is 4.17. The first kappa shape index (κ1) is 15.7. The van der Waals surface area contributed by atoms with Gasteiger partial charge in [-0.2, -0.15) is 0 Å². The Labute approximate surface area is 125 Å². The number of halogens is 1. The zero-order valence-corrected chi connectivity index (χ0v) is 12.3. The molecule has 0 radical (unpaired) electrons. The lowest BCUT2D eigenvalue weighted by Gasteiger charge is -2.16. The smallest absolute Gasteiger partial charge is 0.288 e. The molecule has 1 aromatic rings. The third-order valence-corrected chi connectivity index (χ3v) is 4.35. The van der Waals surface area contributed by atoms with Crippen molar-refractivity contribution in [1.29, 1.82) is 0 Å². The molecular weight excluding hydrogens is 322 g/mol. The van der Waals surface area contributed by atoms with Crippen molar-refractivity contribution in [2.24, 2.45) is 11.1 Å². The van der Waals surface area contributed by atoms with Crippen molar-refractivity contribution in [3.8, 4) is 0 Å². The Morgan fingerprint density at radius 1 is 1.48 bits per heavy atom. The largest absolute Gasteiger partial charge is 0.312 e. The molecule has 1 amide bonds. The number of nitrogens with two attached hydrogens (primary N) is 1. The van der Waals surface area contributed by atoms with Gasteiger partial charge in [-0.1, -0.05) is 11.6 Å². The summed E-state index contributed by atoms with van der Waals surface area (Å²) < 4.78 is 22.1. The summed E-state index contributed by atoms with van der Waals surface area (Å²) in [6.45, 7) is 0.184. The summed E-state index contributed by atoms with van der Waals surface area (Å²) in [5, 5.41) is 15.6. The number of hydrogen-bond acceptors (Lipinski definition) is 5. The van der Waals surface area contributed by atoms with Gasteiger partial charge in [-0.15, -0.1) is 0 Å². The van der Waals surface area contributed by atoms with Crippen LogP contribution in [-0.4, -0.2) is 31.5 Å². The number of nitro groups is 1. The van der Waals surface area contributed by atoms with Gasteiger partial charge in [-0.05, 0) is 12.1 Å². The van der Waals surface area contributed by atoms with E-state index in [-0.39, 0.29) is 35.3 Å². The summed E-state index contributed by atoms with van der Waals surface area (Å²) in [4.78, 5) is 23.3. The van der Waals surface area contributed by atoms with E-state index in [2.05, 4.69) is 0 Å². The zero-order chi connectivity index (χ0) is 15.8. The van der Waals surface area contributed by atoms with Crippen LogP contribution in [0.5, 0.6) is 0 Å². The van der Waals surface area contributed by atoms with Gasteiger partial charge in [0.2, 0.25) is 15.9 Å². The van der Waals surface area contributed by atoms with Crippen LogP contribution in [0.4, 0.5) is 11.4 Å². The minimum Gasteiger partial charge on any atom is -0.312 e. The van der Waals surface area contributed by atoms with Crippen molar-refractivity contribution in [3.63, 3.8) is 0 Å². The van der Waals surface area contributed by atoms with E-state index in [0.717, 1.165) is 0 Å². The predicted octanol–water partition coefficient (Wildman–Crippen LogP) is 0.890. The van der Waals surface area contributed by atoms with Crippen LogP contribution in [0.1, 0.15) is 6.42 Å². The first-order chi connectivity index (χ1) is 9.67. The number of sulfonamides is 1. The Balaban J connectivity index is 2.21. The van der Waals surface area contributed by atoms with Gasteiger partial charge in [0.1, 0.15) is 5.02 Å². The van der Waals surface area contributed by atoms with Crippen LogP contribution in [0, 0.1) is 16.0 Å². The highest BCUT2D eigenvalue weighted by Crippen LogP contribution is 2.32. The average Bonchev–Trinajstić information content (AvgIpc) is 2.66. The second-order valence-corrected chi connectivity index (χ2v) is 6.86. The summed E-state index contributed by atoms with van der Waals surface area (Å²) >= 11 is 5.80. The highest BCUT2D eigenvalue weighted by Gasteiger charge is 2.33. The van der Waals surface area contributed by atoms with Gasteiger partial charge >= 0.3 is 0 Å². The minimum atomic E-state index is -3.66. The second-order valence-electron chi connectivity index (χ2n) is 4.80. The van der Waals surface area contributed by atoms with Gasteiger partial charge in [0.15, 0.2) is 0 Å². The van der Waals surface area contributed by atoms with E-state index in [9.17, 15) is 23.3 Å². The molecule has 21 heavy (non-hydrogen) atoms. The van der Waals surface area contributed by atoms with Crippen molar-refractivity contribution in [2.45, 2.75) is 6.42 Å². The molecule has 1 aromatic carbocycles. The Hall–Kier alpha value is -1.71. The molecule has 10 heteroatoms. The molecule has 1 saturated heterocycles. The molecule has 0 bridgehead atoms. The fourth-order valence-electron chi connectivity index (χ4n) is 2.28. The molecule has 0 spiro atoms. The number of carbonyl (C=O) groups is 1. The molecule has 2 rings (SSSR count). The molecule has 1 atom stereocenters. The third-order valence-electron chi connectivity index (χ3n) is 3.11. The maximum atomic E-state index is 11.9. The standard InChI is InChI=1S/C11H12ClN3O5S/c12-9-4-8(1-2-10(9)15(17)18)14-5-7(3-11(14)16)6-21(13,19)20/h1-2,4,7H,3,5-6H2,(H2,13,19,20). The van der Waals surface area contributed by atoms with E-state index < -0.39 is 20.9 Å². The maximum Gasteiger partial charge on any atom is 0.288 e. The average molecular weight is 334 g/mol. The van der Waals surface area contributed by atoms with Crippen LogP contribution in [0.15, 0.2) is 18.2 Å². The fourth-order valence-corrected chi connectivity index (χ4v) is 3.41. The lowest BCUT2D eigenvalue weighted by molar-refractivity contribution is -0.384. The van der Waals surface area contributed by atoms with Crippen molar-refractivity contribution in [3.05, 3.63) is 33.3 Å². The molecule has 8 nitrogen and oxygen atoms in total. The molecule has 1 heterocycles. The van der Waals surface area contributed by atoms with E-state index in [0.29, 0.717) is 5.69 Å². The summed E-state index contributed by atoms with van der Waals surface area (Å²) in [7, 11) is -3.66. The normalized spacial score (nSPS) is 19.0. The van der Waals surface area contributed by atoms with E-state index in [1.807, 2.05) is 0 Å². The summed E-state index contributed by atoms with van der Waals surface area (Å²) in [6, 6.07) is 3.93. The third kappa shape index (κ3) is 3.69. The minimum absolute atomic E-state index is 0.0606. The number of benzene rings is 1. The molecule has 0 aromatic heterocycles. The number of anilines is 1. The van der Waals surface area contributed by atoms with E-state index in [1.54, 1.807) is 0 Å². The van der Waals surface area contributed by atoms with Gasteiger partial charge in [0.05, 0.1) is 10.7 Å². The number of primary sulfonamides is 1. The molecule has 114 valence electrons. The van der Waals surface area contributed by atoms with Crippen LogP contribution in [-0.2, 0) is 14.8 Å². The lowest BCUT2D eigenvalue weighted by Crippen LogP contribution is -2.27. The Bertz CT molecular complexity index is 706. The molecule has 1 aliphatic rings. The summed E-state index contributed by atoms with van der Waals surface area (Å²) in [5.74, 6) is -0.953. The number of nitrogens with zero attached hydrogens (tertiary/aromatic N) is 2. The van der Waals surface area contributed by atoms with Crippen LogP contribution in [0.3, 0.4) is 0 Å². The monoisotopic (exact) mass is 333 g/mol. The quantitative estimate of drug-likeness (QED) is 0.647. The predicted molar refractivity (Wildman–Crippen MR) is 76.5 cm³/mol. The molecule has 0 aliphatic carbocycles. The SMILES string of the molecule is NS(=O)(=O)CC1CC(=O)N(c2ccc([N+](=O)[O-])c(Cl)c2)C1. The highest BCUT2D eigenvalue weighted by atomic mass is 35.5. The van der Waals surface area contributed by atoms with Gasteiger partial charge in [0.25, 0.3) is 5.69 Å². The van der Waals surface area contributed by atoms with Gasteiger partial charge in [-0.3, -0.25) is 14.9 Å². The fraction of sp³-hybridized carbons (Fsp3) is 0.364. The highest BCUT2D eigenvalue weighted by molar-refractivity contribution is 7.89. The van der Waals surface area contributed by atoms with Crippen LogP contribution in [0.25, 0.3) is 0 Å². The van der Waals surface area contributed by atoms with Crippen molar-refractivity contribution < 1.29 is 18.1 Å². The Morgan fingerprint density at radius 2 is 2.14 bits per heavy atom. The molecule has 2 N–H and O–H groups in total. The van der Waals surface area contributed by atoms with Gasteiger partial charge in [0, 0.05) is 30.6 Å². The lowest BCUT2D eigenvalue weighted by atomic mass is 10.1. The van der Waals surface area contributed by atoms with Crippen molar-refractivity contribution in [2.75, 3.05) is 17.2 Å². The summed E-state index contributed by atoms with van der Waals surface area (Å²) in [5.41, 5.74) is 0.140. The van der Waals surface area contributed by atoms with Crippen LogP contribution < -0.4 is 10.0 Å². The molecule has 1 unspecified atom stereocenters. The molecule has 1 fully saturated rings. The number of hydrogen-bond donors (Lipinski definition) is 1. The molecule has 0 saturated carbocycles. The van der Waals surface area contributed by atoms with E-state index in [1.165, 1.54) is 23.1 Å². The topological polar surface area (TPSA) is 124 Å². The summed E-state index contributed by atoms with van der Waals surface area (Å²) in [6.07, 6.45) is 0.0606. The first-order valence-electron chi connectivity index (χ1n) is 5.92. The van der Waals surface area contributed by atoms with Gasteiger partial charge in [-0.25, -0.2) is 13.6 Å². The Morgan fingerprint density at radius 3 is 2.67 bits per heavy atom. The van der Waals surface area contributed by atoms with Gasteiger partial charge < -0.3 is 4.90 Å². The number of nitro benzene ring substituents is 1. The maximum absolute atomic E-state index is 11.9. The van der Waals surface area contributed by atoms with Crippen molar-refractivity contribution in [1.82, 2.24) is 0 Å². The van der Waals surface area contributed by atoms with E-state index >= 15 is 0 Å². The van der Waals surface area contributed by atoms with Crippen LogP contribution in [0.2, 0.25) is 5.02 Å². The number of amides is 1. The molecule has 1 aliphatic heterocycles. The first-order valence-corrected chi connectivity index (χ1v) is 8.01. The van der Waals surface area contributed by atoms with Crippen molar-refractivity contribution >= 4 is 38.9 Å². The van der Waals surface area contributed by atoms with Crippen LogP contribution >= 0.6 is 11.6 Å². The number of carbonyl (C=O) groups excluding carboxylic acids is 1. The zero-order valence-electron chi connectivity index (χ0n) is 10.7.